The minimum Gasteiger partial charge on any atom is -0.493 e. The molecular formula is C21H24FN3O4. The summed E-state index contributed by atoms with van der Waals surface area (Å²) in [6.07, 6.45) is 1.53. The average Bonchev–Trinajstić information content (AvgIpc) is 2.74. The van der Waals surface area contributed by atoms with E-state index in [9.17, 15) is 9.18 Å². The van der Waals surface area contributed by atoms with Gasteiger partial charge in [-0.2, -0.15) is 5.10 Å². The lowest BCUT2D eigenvalue weighted by Gasteiger charge is -2.25. The number of ether oxygens (including phenoxy) is 3. The minimum atomic E-state index is -0.317. The molecule has 1 amide bonds. The zero-order valence-corrected chi connectivity index (χ0v) is 16.3. The molecule has 2 aromatic rings. The van der Waals surface area contributed by atoms with E-state index in [1.807, 2.05) is 4.90 Å². The highest BCUT2D eigenvalue weighted by Crippen LogP contribution is 2.28. The molecule has 8 heteroatoms. The van der Waals surface area contributed by atoms with Crippen LogP contribution in [-0.4, -0.2) is 57.0 Å². The number of hydrogen-bond donors (Lipinski definition) is 1. The van der Waals surface area contributed by atoms with Gasteiger partial charge in [-0.25, -0.2) is 9.82 Å². The molecule has 1 fully saturated rings. The predicted octanol–water partition coefficient (Wildman–Crippen LogP) is 2.20. The number of benzene rings is 2. The SMILES string of the molecule is COc1cc(/C=N/NC(=O)CN2CCOCC2)ccc1OCc1ccccc1F. The maximum atomic E-state index is 13.7. The summed E-state index contributed by atoms with van der Waals surface area (Å²) in [5, 5.41) is 3.99. The topological polar surface area (TPSA) is 72.4 Å². The van der Waals surface area contributed by atoms with Crippen LogP contribution in [0.2, 0.25) is 0 Å². The van der Waals surface area contributed by atoms with E-state index in [0.29, 0.717) is 30.3 Å². The summed E-state index contributed by atoms with van der Waals surface area (Å²) in [5.74, 6) is 0.484. The number of rotatable bonds is 8. The van der Waals surface area contributed by atoms with Gasteiger partial charge in [0.2, 0.25) is 0 Å². The Labute approximate surface area is 169 Å². The third-order valence-electron chi connectivity index (χ3n) is 4.40. The van der Waals surface area contributed by atoms with Crippen molar-refractivity contribution in [1.29, 1.82) is 0 Å². The Morgan fingerprint density at radius 1 is 1.24 bits per heavy atom. The van der Waals surface area contributed by atoms with Gasteiger partial charge in [0.15, 0.2) is 11.5 Å². The van der Waals surface area contributed by atoms with E-state index in [-0.39, 0.29) is 24.9 Å². The van der Waals surface area contributed by atoms with Gasteiger partial charge >= 0.3 is 0 Å². The van der Waals surface area contributed by atoms with Gasteiger partial charge in [0, 0.05) is 18.7 Å². The fourth-order valence-corrected chi connectivity index (χ4v) is 2.83. The summed E-state index contributed by atoms with van der Waals surface area (Å²) < 4.78 is 30.0. The number of hydrazone groups is 1. The number of nitrogens with zero attached hydrogens (tertiary/aromatic N) is 2. The number of halogens is 1. The van der Waals surface area contributed by atoms with Crippen molar-refractivity contribution >= 4 is 12.1 Å². The second-order valence-corrected chi connectivity index (χ2v) is 6.47. The van der Waals surface area contributed by atoms with Crippen LogP contribution in [0, 0.1) is 5.82 Å². The Hall–Kier alpha value is -2.97. The van der Waals surface area contributed by atoms with Crippen LogP contribution in [0.25, 0.3) is 0 Å². The van der Waals surface area contributed by atoms with E-state index < -0.39 is 0 Å². The molecule has 0 unspecified atom stereocenters. The van der Waals surface area contributed by atoms with Crippen molar-refractivity contribution in [1.82, 2.24) is 10.3 Å². The summed E-state index contributed by atoms with van der Waals surface area (Å²) in [4.78, 5) is 14.0. The molecule has 1 aliphatic rings. The van der Waals surface area contributed by atoms with Crippen molar-refractivity contribution < 1.29 is 23.4 Å². The van der Waals surface area contributed by atoms with E-state index in [1.54, 1.807) is 36.4 Å². The molecular weight excluding hydrogens is 377 g/mol. The van der Waals surface area contributed by atoms with Crippen molar-refractivity contribution in [2.45, 2.75) is 6.61 Å². The highest BCUT2D eigenvalue weighted by Gasteiger charge is 2.13. The largest absolute Gasteiger partial charge is 0.493 e. The molecule has 0 radical (unpaired) electrons. The van der Waals surface area contributed by atoms with Crippen LogP contribution in [0.15, 0.2) is 47.6 Å². The second kappa shape index (κ2) is 10.5. The van der Waals surface area contributed by atoms with Gasteiger partial charge < -0.3 is 14.2 Å². The van der Waals surface area contributed by atoms with Gasteiger partial charge in [-0.3, -0.25) is 9.69 Å². The standard InChI is InChI=1S/C21H24FN3O4/c1-27-20-12-16(13-23-24-21(26)14-25-8-10-28-11-9-25)6-7-19(20)29-15-17-4-2-3-5-18(17)22/h2-7,12-13H,8-11,14-15H2,1H3,(H,24,26)/b23-13+. The van der Waals surface area contributed by atoms with Crippen LogP contribution < -0.4 is 14.9 Å². The second-order valence-electron chi connectivity index (χ2n) is 6.47. The molecule has 0 saturated carbocycles. The van der Waals surface area contributed by atoms with Crippen molar-refractivity contribution in [3.63, 3.8) is 0 Å². The van der Waals surface area contributed by atoms with Gasteiger partial charge in [0.05, 0.1) is 33.1 Å². The Morgan fingerprint density at radius 3 is 2.79 bits per heavy atom. The van der Waals surface area contributed by atoms with Crippen LogP contribution >= 0.6 is 0 Å². The fourth-order valence-electron chi connectivity index (χ4n) is 2.83. The van der Waals surface area contributed by atoms with Gasteiger partial charge in [-0.15, -0.1) is 0 Å². The summed E-state index contributed by atoms with van der Waals surface area (Å²) in [6.45, 7) is 3.13. The highest BCUT2D eigenvalue weighted by atomic mass is 19.1. The maximum absolute atomic E-state index is 13.7. The zero-order chi connectivity index (χ0) is 20.5. The van der Waals surface area contributed by atoms with Crippen molar-refractivity contribution in [2.24, 2.45) is 5.10 Å². The predicted molar refractivity (Wildman–Crippen MR) is 107 cm³/mol. The maximum Gasteiger partial charge on any atom is 0.254 e. The molecule has 1 heterocycles. The van der Waals surface area contributed by atoms with Crippen LogP contribution in [0.3, 0.4) is 0 Å². The van der Waals surface area contributed by atoms with E-state index >= 15 is 0 Å². The average molecular weight is 401 g/mol. The molecule has 0 atom stereocenters. The first-order chi connectivity index (χ1) is 14.2. The Balaban J connectivity index is 1.54. The number of carbonyl (C=O) groups excluding carboxylic acids is 1. The first-order valence-corrected chi connectivity index (χ1v) is 9.32. The lowest BCUT2D eigenvalue weighted by molar-refractivity contribution is -0.123. The molecule has 0 bridgehead atoms. The summed E-state index contributed by atoms with van der Waals surface area (Å²) in [5.41, 5.74) is 3.71. The van der Waals surface area contributed by atoms with Gasteiger partial charge in [0.25, 0.3) is 5.91 Å². The lowest BCUT2D eigenvalue weighted by Crippen LogP contribution is -2.42. The van der Waals surface area contributed by atoms with Gasteiger partial charge in [-0.1, -0.05) is 18.2 Å². The van der Waals surface area contributed by atoms with E-state index in [2.05, 4.69) is 10.5 Å². The molecule has 154 valence electrons. The lowest BCUT2D eigenvalue weighted by atomic mass is 10.2. The van der Waals surface area contributed by atoms with Crippen molar-refractivity contribution in [2.75, 3.05) is 40.0 Å². The summed E-state index contributed by atoms with van der Waals surface area (Å²) in [7, 11) is 1.52. The van der Waals surface area contributed by atoms with E-state index in [1.165, 1.54) is 19.4 Å². The number of nitrogens with one attached hydrogen (secondary N) is 1. The van der Waals surface area contributed by atoms with Crippen molar-refractivity contribution in [3.05, 3.63) is 59.4 Å². The number of morpholine rings is 1. The highest BCUT2D eigenvalue weighted by molar-refractivity contribution is 5.83. The molecule has 29 heavy (non-hydrogen) atoms. The number of amides is 1. The quantitative estimate of drug-likeness (QED) is 0.542. The Bertz CT molecular complexity index is 854. The first kappa shape index (κ1) is 20.8. The molecule has 1 saturated heterocycles. The van der Waals surface area contributed by atoms with Crippen LogP contribution in [0.1, 0.15) is 11.1 Å². The third kappa shape index (κ3) is 6.27. The minimum absolute atomic E-state index is 0.0913. The molecule has 1 N–H and O–H groups in total. The van der Waals surface area contributed by atoms with Crippen LogP contribution in [0.5, 0.6) is 11.5 Å². The first-order valence-electron chi connectivity index (χ1n) is 9.32. The molecule has 1 aliphatic heterocycles. The number of hydrogen-bond acceptors (Lipinski definition) is 6. The van der Waals surface area contributed by atoms with Crippen LogP contribution in [-0.2, 0) is 16.1 Å². The molecule has 0 aliphatic carbocycles. The number of carbonyl (C=O) groups is 1. The molecule has 0 spiro atoms. The van der Waals surface area contributed by atoms with E-state index in [4.69, 9.17) is 14.2 Å². The Kier molecular flexibility index (Phi) is 7.54. The number of methoxy groups -OCH3 is 1. The molecule has 3 rings (SSSR count). The van der Waals surface area contributed by atoms with E-state index in [0.717, 1.165) is 18.7 Å². The molecule has 0 aromatic heterocycles. The third-order valence-corrected chi connectivity index (χ3v) is 4.40. The monoisotopic (exact) mass is 401 g/mol. The molecule has 2 aromatic carbocycles. The molecule has 7 nitrogen and oxygen atoms in total. The normalized spacial score (nSPS) is 14.7. The summed E-state index contributed by atoms with van der Waals surface area (Å²) >= 11 is 0. The van der Waals surface area contributed by atoms with Crippen molar-refractivity contribution in [3.8, 4) is 11.5 Å². The van der Waals surface area contributed by atoms with Gasteiger partial charge in [-0.05, 0) is 29.8 Å². The van der Waals surface area contributed by atoms with Gasteiger partial charge in [0.1, 0.15) is 12.4 Å². The zero-order valence-electron chi connectivity index (χ0n) is 16.3. The Morgan fingerprint density at radius 2 is 2.03 bits per heavy atom. The fraction of sp³-hybridized carbons (Fsp3) is 0.333. The summed E-state index contributed by atoms with van der Waals surface area (Å²) in [6, 6.07) is 11.7. The smallest absolute Gasteiger partial charge is 0.254 e. The van der Waals surface area contributed by atoms with Crippen LogP contribution in [0.4, 0.5) is 4.39 Å².